The number of hydrogen-bond acceptors (Lipinski definition) is 2. The van der Waals surface area contributed by atoms with Crippen molar-refractivity contribution >= 4 is 34.2 Å². The zero-order chi connectivity index (χ0) is 11.4. The van der Waals surface area contributed by atoms with E-state index in [4.69, 9.17) is 5.73 Å². The molecule has 1 rings (SSSR count). The Morgan fingerprint density at radius 3 is 2.87 bits per heavy atom. The highest BCUT2D eigenvalue weighted by Gasteiger charge is 2.12. The van der Waals surface area contributed by atoms with Crippen LogP contribution < -0.4 is 11.1 Å². The molecule has 0 heterocycles. The average Bonchev–Trinajstić information content (AvgIpc) is 2.20. The van der Waals surface area contributed by atoms with Gasteiger partial charge in [-0.1, -0.05) is 6.92 Å². The normalized spacial score (nSPS) is 12.3. The third-order valence-electron chi connectivity index (χ3n) is 1.97. The van der Waals surface area contributed by atoms with Crippen LogP contribution in [0.2, 0.25) is 0 Å². The standard InChI is InChI=1S/C10H12FIN2O/c1-2-8(13)10(15)14-9-4-3-6(11)5-7(9)12/h3-5,8H,2,13H2,1H3,(H,14,15). The molecule has 5 heteroatoms. The Bertz CT molecular complexity index is 370. The molecule has 1 unspecified atom stereocenters. The predicted octanol–water partition coefficient (Wildman–Crippen LogP) is 2.11. The van der Waals surface area contributed by atoms with E-state index in [2.05, 4.69) is 5.32 Å². The quantitative estimate of drug-likeness (QED) is 0.838. The van der Waals surface area contributed by atoms with Gasteiger partial charge in [-0.15, -0.1) is 0 Å². The van der Waals surface area contributed by atoms with Crippen molar-refractivity contribution in [3.63, 3.8) is 0 Å². The highest BCUT2D eigenvalue weighted by molar-refractivity contribution is 14.1. The van der Waals surface area contributed by atoms with E-state index in [0.29, 0.717) is 15.7 Å². The van der Waals surface area contributed by atoms with Crippen LogP contribution in [-0.2, 0) is 4.79 Å². The van der Waals surface area contributed by atoms with Crippen LogP contribution in [0.1, 0.15) is 13.3 Å². The molecular weight excluding hydrogens is 310 g/mol. The molecule has 0 aliphatic carbocycles. The van der Waals surface area contributed by atoms with Gasteiger partial charge in [0.1, 0.15) is 5.82 Å². The first-order chi connectivity index (χ1) is 7.04. The first-order valence-corrected chi connectivity index (χ1v) is 5.64. The van der Waals surface area contributed by atoms with Crippen molar-refractivity contribution in [3.05, 3.63) is 27.6 Å². The molecule has 1 aromatic carbocycles. The van der Waals surface area contributed by atoms with Gasteiger partial charge in [-0.3, -0.25) is 4.79 Å². The molecule has 0 aliphatic heterocycles. The number of rotatable bonds is 3. The number of nitrogens with one attached hydrogen (secondary N) is 1. The SMILES string of the molecule is CCC(N)C(=O)Nc1ccc(F)cc1I. The van der Waals surface area contributed by atoms with Gasteiger partial charge in [-0.05, 0) is 47.2 Å². The molecule has 3 N–H and O–H groups in total. The zero-order valence-corrected chi connectivity index (χ0v) is 10.4. The molecule has 1 atom stereocenters. The Labute approximate surface area is 101 Å². The first kappa shape index (κ1) is 12.4. The van der Waals surface area contributed by atoms with Gasteiger partial charge < -0.3 is 11.1 Å². The van der Waals surface area contributed by atoms with E-state index in [1.54, 1.807) is 0 Å². The number of halogens is 2. The van der Waals surface area contributed by atoms with Crippen LogP contribution in [0, 0.1) is 9.39 Å². The molecule has 0 saturated heterocycles. The second-order valence-corrected chi connectivity index (χ2v) is 4.29. The van der Waals surface area contributed by atoms with Gasteiger partial charge in [-0.2, -0.15) is 0 Å². The Morgan fingerprint density at radius 1 is 1.67 bits per heavy atom. The second-order valence-electron chi connectivity index (χ2n) is 3.13. The Morgan fingerprint density at radius 2 is 2.33 bits per heavy atom. The summed E-state index contributed by atoms with van der Waals surface area (Å²) >= 11 is 1.96. The minimum absolute atomic E-state index is 0.248. The number of amides is 1. The third-order valence-corrected chi connectivity index (χ3v) is 2.86. The molecule has 0 spiro atoms. The second kappa shape index (κ2) is 5.41. The fraction of sp³-hybridized carbons (Fsp3) is 0.300. The monoisotopic (exact) mass is 322 g/mol. The van der Waals surface area contributed by atoms with Gasteiger partial charge in [0.15, 0.2) is 0 Å². The lowest BCUT2D eigenvalue weighted by Gasteiger charge is -2.11. The van der Waals surface area contributed by atoms with E-state index in [1.165, 1.54) is 18.2 Å². The van der Waals surface area contributed by atoms with Gasteiger partial charge in [0.25, 0.3) is 0 Å². The van der Waals surface area contributed by atoms with E-state index >= 15 is 0 Å². The molecule has 1 aromatic rings. The number of carbonyl (C=O) groups is 1. The van der Waals surface area contributed by atoms with Crippen molar-refractivity contribution in [1.29, 1.82) is 0 Å². The van der Waals surface area contributed by atoms with Crippen LogP contribution in [0.5, 0.6) is 0 Å². The van der Waals surface area contributed by atoms with E-state index in [-0.39, 0.29) is 11.7 Å². The Hall–Kier alpha value is -0.690. The fourth-order valence-electron chi connectivity index (χ4n) is 1.00. The molecule has 0 aliphatic rings. The maximum Gasteiger partial charge on any atom is 0.241 e. The van der Waals surface area contributed by atoms with E-state index in [1.807, 2.05) is 29.5 Å². The van der Waals surface area contributed by atoms with E-state index in [9.17, 15) is 9.18 Å². The van der Waals surface area contributed by atoms with Crippen molar-refractivity contribution in [1.82, 2.24) is 0 Å². The topological polar surface area (TPSA) is 55.1 Å². The highest BCUT2D eigenvalue weighted by Crippen LogP contribution is 2.19. The van der Waals surface area contributed by atoms with Gasteiger partial charge >= 0.3 is 0 Å². The summed E-state index contributed by atoms with van der Waals surface area (Å²) in [5.74, 6) is -0.570. The van der Waals surface area contributed by atoms with Crippen molar-refractivity contribution in [2.75, 3.05) is 5.32 Å². The van der Waals surface area contributed by atoms with E-state index in [0.717, 1.165) is 0 Å². The molecule has 82 valence electrons. The number of hydrogen-bond donors (Lipinski definition) is 2. The van der Waals surface area contributed by atoms with Crippen molar-refractivity contribution in [3.8, 4) is 0 Å². The molecule has 0 bridgehead atoms. The smallest absolute Gasteiger partial charge is 0.241 e. The Balaban J connectivity index is 2.77. The summed E-state index contributed by atoms with van der Waals surface area (Å²) in [6.45, 7) is 1.83. The van der Waals surface area contributed by atoms with Gasteiger partial charge in [0.05, 0.1) is 11.7 Å². The number of anilines is 1. The molecule has 3 nitrogen and oxygen atoms in total. The lowest BCUT2D eigenvalue weighted by atomic mass is 10.2. The maximum absolute atomic E-state index is 12.8. The van der Waals surface area contributed by atoms with Gasteiger partial charge in [0.2, 0.25) is 5.91 Å². The summed E-state index contributed by atoms with van der Waals surface area (Å²) in [6, 6.07) is 3.66. The molecule has 0 radical (unpaired) electrons. The minimum atomic E-state index is -0.522. The number of carbonyl (C=O) groups excluding carboxylic acids is 1. The van der Waals surface area contributed by atoms with Crippen LogP contribution in [-0.4, -0.2) is 11.9 Å². The maximum atomic E-state index is 12.8. The summed E-state index contributed by atoms with van der Waals surface area (Å²) in [7, 11) is 0. The fourth-order valence-corrected chi connectivity index (χ4v) is 1.61. The molecular formula is C10H12FIN2O. The van der Waals surface area contributed by atoms with Crippen molar-refractivity contribution in [2.45, 2.75) is 19.4 Å². The summed E-state index contributed by atoms with van der Waals surface area (Å²) in [5.41, 5.74) is 6.14. The summed E-state index contributed by atoms with van der Waals surface area (Å²) in [5, 5.41) is 2.65. The first-order valence-electron chi connectivity index (χ1n) is 4.56. The van der Waals surface area contributed by atoms with Crippen LogP contribution in [0.25, 0.3) is 0 Å². The summed E-state index contributed by atoms with van der Waals surface area (Å²) in [4.78, 5) is 11.4. The summed E-state index contributed by atoms with van der Waals surface area (Å²) in [6.07, 6.45) is 0.573. The zero-order valence-electron chi connectivity index (χ0n) is 8.26. The number of nitrogens with two attached hydrogens (primary N) is 1. The Kier molecular flexibility index (Phi) is 4.46. The van der Waals surface area contributed by atoms with Crippen molar-refractivity contribution < 1.29 is 9.18 Å². The predicted molar refractivity (Wildman–Crippen MR) is 66.0 cm³/mol. The van der Waals surface area contributed by atoms with Crippen LogP contribution in [0.4, 0.5) is 10.1 Å². The van der Waals surface area contributed by atoms with Gasteiger partial charge in [0, 0.05) is 3.57 Å². The molecule has 1 amide bonds. The van der Waals surface area contributed by atoms with Crippen molar-refractivity contribution in [2.24, 2.45) is 5.73 Å². The van der Waals surface area contributed by atoms with E-state index < -0.39 is 6.04 Å². The molecule has 0 saturated carbocycles. The minimum Gasteiger partial charge on any atom is -0.324 e. The lowest BCUT2D eigenvalue weighted by Crippen LogP contribution is -2.35. The van der Waals surface area contributed by atoms with Crippen LogP contribution >= 0.6 is 22.6 Å². The third kappa shape index (κ3) is 3.42. The average molecular weight is 322 g/mol. The lowest BCUT2D eigenvalue weighted by molar-refractivity contribution is -0.117. The highest BCUT2D eigenvalue weighted by atomic mass is 127. The molecule has 15 heavy (non-hydrogen) atoms. The number of benzene rings is 1. The largest absolute Gasteiger partial charge is 0.324 e. The summed E-state index contributed by atoms with van der Waals surface area (Å²) < 4.78 is 13.4. The van der Waals surface area contributed by atoms with Gasteiger partial charge in [-0.25, -0.2) is 4.39 Å². The van der Waals surface area contributed by atoms with Crippen LogP contribution in [0.3, 0.4) is 0 Å². The molecule has 0 aromatic heterocycles. The van der Waals surface area contributed by atoms with Crippen LogP contribution in [0.15, 0.2) is 18.2 Å². The molecule has 0 fully saturated rings.